The lowest BCUT2D eigenvalue weighted by molar-refractivity contribution is -0.117. The van der Waals surface area contributed by atoms with E-state index in [1.807, 2.05) is 56.3 Å². The molecule has 78 heavy (non-hydrogen) atoms. The molecule has 3 aliphatic heterocycles. The van der Waals surface area contributed by atoms with Crippen LogP contribution in [0.15, 0.2) is 159 Å². The monoisotopic (exact) mass is 1030 g/mol. The maximum absolute atomic E-state index is 11.6. The number of fused-ring (bicyclic) bond motifs is 3. The molecule has 9 aromatic rings. The molecule has 0 atom stereocenters. The lowest BCUT2D eigenvalue weighted by Gasteiger charge is -2.32. The first-order valence-electron chi connectivity index (χ1n) is 27.4. The predicted octanol–water partition coefficient (Wildman–Crippen LogP) is 11.7. The third-order valence-corrected chi connectivity index (χ3v) is 14.8. The number of nitrogens with one attached hydrogen (secondary N) is 3. The van der Waals surface area contributed by atoms with Gasteiger partial charge in [-0.25, -0.2) is 29.9 Å². The molecule has 3 aliphatic rings. The Morgan fingerprint density at radius 2 is 1.28 bits per heavy atom. The summed E-state index contributed by atoms with van der Waals surface area (Å²) < 4.78 is 0. The van der Waals surface area contributed by atoms with Gasteiger partial charge in [-0.2, -0.15) is 5.26 Å². The van der Waals surface area contributed by atoms with Crippen LogP contribution in [0.1, 0.15) is 68.5 Å². The molecule has 5 aromatic carbocycles. The van der Waals surface area contributed by atoms with Gasteiger partial charge < -0.3 is 20.5 Å². The van der Waals surface area contributed by atoms with Crippen LogP contribution in [0.25, 0.3) is 67.0 Å². The molecule has 2 saturated heterocycles. The second kappa shape index (κ2) is 25.0. The summed E-state index contributed by atoms with van der Waals surface area (Å²) in [5, 5.41) is 15.5. The molecule has 14 nitrogen and oxygen atoms in total. The van der Waals surface area contributed by atoms with E-state index in [1.54, 1.807) is 12.5 Å². The molecule has 14 heteroatoms. The van der Waals surface area contributed by atoms with Crippen LogP contribution < -0.4 is 15.5 Å². The average Bonchev–Trinajstić information content (AvgIpc) is 4.00. The van der Waals surface area contributed by atoms with Gasteiger partial charge in [-0.05, 0) is 91.1 Å². The minimum absolute atomic E-state index is 0.0870. The number of carbonyl (C=O) groups is 1. The van der Waals surface area contributed by atoms with Gasteiger partial charge in [0.05, 0.1) is 39.1 Å². The van der Waals surface area contributed by atoms with Crippen molar-refractivity contribution in [2.45, 2.75) is 77.5 Å². The zero-order valence-corrected chi connectivity index (χ0v) is 44.9. The van der Waals surface area contributed by atoms with Gasteiger partial charge in [0, 0.05) is 93.4 Å². The van der Waals surface area contributed by atoms with Gasteiger partial charge in [-0.1, -0.05) is 130 Å². The van der Waals surface area contributed by atoms with Crippen molar-refractivity contribution in [1.82, 2.24) is 50.0 Å². The van der Waals surface area contributed by atoms with Crippen molar-refractivity contribution in [3.8, 4) is 51.0 Å². The van der Waals surface area contributed by atoms with Gasteiger partial charge in [-0.3, -0.25) is 14.6 Å². The number of anilines is 2. The molecule has 0 bridgehead atoms. The molecule has 7 heterocycles. The Morgan fingerprint density at radius 1 is 0.679 bits per heavy atom. The molecule has 1 amide bonds. The van der Waals surface area contributed by atoms with Gasteiger partial charge in [0.25, 0.3) is 0 Å². The molecule has 0 saturated carbocycles. The minimum Gasteiger partial charge on any atom is -0.367 e. The van der Waals surface area contributed by atoms with Gasteiger partial charge in [0.2, 0.25) is 11.7 Å². The number of nitrogens with zero attached hydrogens (tertiary/aromatic N) is 10. The molecule has 0 aliphatic carbocycles. The Bertz CT molecular complexity index is 3510. The molecule has 2 fully saturated rings. The Labute approximate surface area is 457 Å². The highest BCUT2D eigenvalue weighted by Gasteiger charge is 2.24. The summed E-state index contributed by atoms with van der Waals surface area (Å²) in [4.78, 5) is 49.6. The van der Waals surface area contributed by atoms with Crippen LogP contribution in [-0.4, -0.2) is 102 Å². The largest absolute Gasteiger partial charge is 0.367 e. The van der Waals surface area contributed by atoms with E-state index in [-0.39, 0.29) is 17.8 Å². The second-order valence-corrected chi connectivity index (χ2v) is 20.0. The van der Waals surface area contributed by atoms with Gasteiger partial charge in [0.15, 0.2) is 0 Å². The maximum atomic E-state index is 11.6. The number of aromatic nitrogens is 7. The number of rotatable bonds is 12. The van der Waals surface area contributed by atoms with Crippen molar-refractivity contribution in [2.75, 3.05) is 50.0 Å². The summed E-state index contributed by atoms with van der Waals surface area (Å²) in [6.45, 7) is 14.4. The first-order valence-corrected chi connectivity index (χ1v) is 27.4. The fourth-order valence-corrected chi connectivity index (χ4v) is 10.7. The van der Waals surface area contributed by atoms with Crippen molar-refractivity contribution in [1.29, 1.82) is 5.26 Å². The first-order chi connectivity index (χ1) is 38.3. The minimum atomic E-state index is -0.0870. The van der Waals surface area contributed by atoms with E-state index in [4.69, 9.17) is 15.2 Å². The van der Waals surface area contributed by atoms with Crippen LogP contribution in [0.2, 0.25) is 0 Å². The van der Waals surface area contributed by atoms with Crippen molar-refractivity contribution < 1.29 is 4.79 Å². The highest BCUT2D eigenvalue weighted by atomic mass is 16.1. The third kappa shape index (κ3) is 12.6. The highest BCUT2D eigenvalue weighted by molar-refractivity contribution is 5.94. The fourth-order valence-electron chi connectivity index (χ4n) is 10.7. The van der Waals surface area contributed by atoms with Crippen LogP contribution in [0.3, 0.4) is 0 Å². The molecule has 3 N–H and O–H groups in total. The van der Waals surface area contributed by atoms with Crippen LogP contribution in [-0.2, 0) is 24.3 Å². The number of H-pyrrole nitrogens is 1. The Balaban J connectivity index is 0.000000171. The first kappa shape index (κ1) is 52.8. The summed E-state index contributed by atoms with van der Waals surface area (Å²) in [5.74, 6) is 1.96. The van der Waals surface area contributed by atoms with E-state index in [9.17, 15) is 4.79 Å². The Hall–Kier alpha value is -8.64. The van der Waals surface area contributed by atoms with E-state index < -0.39 is 0 Å². The number of benzene rings is 5. The van der Waals surface area contributed by atoms with Crippen molar-refractivity contribution in [2.24, 2.45) is 0 Å². The van der Waals surface area contributed by atoms with Crippen molar-refractivity contribution in [3.05, 3.63) is 181 Å². The van der Waals surface area contributed by atoms with Crippen LogP contribution in [0, 0.1) is 11.3 Å². The van der Waals surface area contributed by atoms with Crippen LogP contribution in [0.4, 0.5) is 11.6 Å². The smallest absolute Gasteiger partial charge is 0.243 e. The molecule has 12 rings (SSSR count). The molecule has 0 unspecified atom stereocenters. The number of hydrogen-bond donors (Lipinski definition) is 3. The summed E-state index contributed by atoms with van der Waals surface area (Å²) >= 11 is 0. The number of hydrogen-bond acceptors (Lipinski definition) is 12. The maximum Gasteiger partial charge on any atom is 0.243 e. The number of carbonyl (C=O) groups excluding carboxylic acids is 1. The quantitative estimate of drug-likeness (QED) is 0.0992. The van der Waals surface area contributed by atoms with Crippen LogP contribution in [0.5, 0.6) is 0 Å². The molecule has 0 radical (unpaired) electrons. The SMILES string of the molecule is C=CC(=O)NC1CCN(Cc2ccc(-c3[nH]c4cc5ncnc5cc4nc3-c3ccccc3)cc2)CC1.CC.CN1CCCc2cc(-c3ccccc3)c(-c3ccc(CN4CCC(Nc5ccnc(C#N)n5)CC4)cc3)nc21. The zero-order chi connectivity index (χ0) is 53.8. The standard InChI is InChI=1S/C32H33N7.C30H28N6O.C2H6/c1-38-17-5-8-26-20-28(24-6-3-2-4-7-24)31(37-32(26)38)25-11-9-23(10-12-25)22-39-18-14-27(15-19-39)35-29-13-16-34-30(21-33)36-29;1-2-28(37)33-23-12-14-36(15-13-23)18-20-8-10-22(11-9-20)30-29(21-6-4-3-5-7-21)34-26-16-24-25(32-19-31-24)17-27(26)35-30;1-2/h2-4,6-7,9-13,16,20,27H,5,8,14-15,17-19,22H2,1H3,(H,34,35,36);2-11,16-17,19,23,35H,1,12-15,18H2,(H,33,37);1-2H3. The fraction of sp³-hybridized carbons (Fsp3) is 0.281. The number of pyridine rings is 1. The normalized spacial score (nSPS) is 15.0. The number of imidazole rings is 1. The number of likely N-dealkylation sites (tertiary alicyclic amines) is 2. The number of amides is 1. The summed E-state index contributed by atoms with van der Waals surface area (Å²) in [5.41, 5.74) is 16.0. The number of nitriles is 1. The van der Waals surface area contributed by atoms with Gasteiger partial charge in [-0.15, -0.1) is 0 Å². The topological polar surface area (TPSA) is 168 Å². The molecule has 394 valence electrons. The van der Waals surface area contributed by atoms with E-state index in [1.165, 1.54) is 40.3 Å². The average molecular weight is 1030 g/mol. The Morgan fingerprint density at radius 3 is 1.92 bits per heavy atom. The summed E-state index contributed by atoms with van der Waals surface area (Å²) in [6, 6.07) is 49.3. The van der Waals surface area contributed by atoms with Gasteiger partial charge in [0.1, 0.15) is 24.0 Å². The lowest BCUT2D eigenvalue weighted by atomic mass is 9.94. The number of aromatic amines is 1. The molecular formula is C64H67N13O. The number of piperidine rings is 2. The second-order valence-electron chi connectivity index (χ2n) is 20.0. The van der Waals surface area contributed by atoms with E-state index in [0.717, 1.165) is 145 Å². The van der Waals surface area contributed by atoms with Gasteiger partial charge >= 0.3 is 0 Å². The third-order valence-electron chi connectivity index (χ3n) is 14.8. The van der Waals surface area contributed by atoms with E-state index >= 15 is 0 Å². The lowest BCUT2D eigenvalue weighted by Crippen LogP contribution is -2.43. The summed E-state index contributed by atoms with van der Waals surface area (Å²) in [6.07, 6.45) is 10.8. The van der Waals surface area contributed by atoms with E-state index in [0.29, 0.717) is 6.04 Å². The number of aryl methyl sites for hydroxylation is 1. The predicted molar refractivity (Wildman–Crippen MR) is 313 cm³/mol. The Kier molecular flexibility index (Phi) is 16.9. The molecule has 4 aromatic heterocycles. The van der Waals surface area contributed by atoms with E-state index in [2.05, 4.69) is 161 Å². The highest BCUT2D eigenvalue weighted by Crippen LogP contribution is 2.37. The molecular weight excluding hydrogens is 967 g/mol. The summed E-state index contributed by atoms with van der Waals surface area (Å²) in [7, 11) is 2.15. The zero-order valence-electron chi connectivity index (χ0n) is 44.9. The van der Waals surface area contributed by atoms with Crippen molar-refractivity contribution in [3.63, 3.8) is 0 Å². The van der Waals surface area contributed by atoms with Crippen molar-refractivity contribution >= 4 is 39.6 Å². The van der Waals surface area contributed by atoms with Crippen LogP contribution >= 0.6 is 0 Å². The molecule has 0 spiro atoms.